The molecule has 0 radical (unpaired) electrons. The van der Waals surface area contributed by atoms with Gasteiger partial charge in [-0.1, -0.05) is 12.1 Å². The highest BCUT2D eigenvalue weighted by molar-refractivity contribution is 5.34. The van der Waals surface area contributed by atoms with E-state index < -0.39 is 0 Å². The molecule has 3 nitrogen and oxygen atoms in total. The minimum atomic E-state index is -0.172. The summed E-state index contributed by atoms with van der Waals surface area (Å²) in [6.07, 6.45) is 2.31. The van der Waals surface area contributed by atoms with Crippen LogP contribution in [0.2, 0.25) is 0 Å². The maximum Gasteiger partial charge on any atom is 0.118 e. The Hall–Kier alpha value is -1.53. The van der Waals surface area contributed by atoms with E-state index in [1.54, 1.807) is 7.11 Å². The summed E-state index contributed by atoms with van der Waals surface area (Å²) in [5.74, 6) is 0.849. The normalized spacial score (nSPS) is 25.6. The molecule has 1 heterocycles. The fourth-order valence-corrected chi connectivity index (χ4v) is 3.07. The number of methoxy groups -OCH3 is 1. The third-order valence-electron chi connectivity index (χ3n) is 3.96. The Morgan fingerprint density at radius 2 is 2.00 bits per heavy atom. The molecule has 0 spiro atoms. The number of benzene rings is 1. The zero-order valence-electron chi connectivity index (χ0n) is 11.9. The van der Waals surface area contributed by atoms with Crippen LogP contribution in [0.25, 0.3) is 0 Å². The Kier molecular flexibility index (Phi) is 3.82. The van der Waals surface area contributed by atoms with Gasteiger partial charge in [0, 0.05) is 18.4 Å². The molecule has 0 unspecified atom stereocenters. The van der Waals surface area contributed by atoms with Gasteiger partial charge < -0.3 is 9.47 Å². The lowest BCUT2D eigenvalue weighted by Crippen LogP contribution is -2.43. The van der Waals surface area contributed by atoms with E-state index in [9.17, 15) is 5.26 Å². The molecule has 0 bridgehead atoms. The second-order valence-electron chi connectivity index (χ2n) is 5.88. The summed E-state index contributed by atoms with van der Waals surface area (Å²) >= 11 is 0. The summed E-state index contributed by atoms with van der Waals surface area (Å²) in [4.78, 5) is 0. The highest BCUT2D eigenvalue weighted by atomic mass is 16.5. The quantitative estimate of drug-likeness (QED) is 0.835. The van der Waals surface area contributed by atoms with Gasteiger partial charge in [0.1, 0.15) is 5.75 Å². The first-order chi connectivity index (χ1) is 9.01. The Bertz CT molecular complexity index is 473. The average Bonchev–Trinajstić information content (AvgIpc) is 2.38. The molecule has 1 saturated heterocycles. The lowest BCUT2D eigenvalue weighted by molar-refractivity contribution is -0.0816. The van der Waals surface area contributed by atoms with Gasteiger partial charge in [0.2, 0.25) is 0 Å². The van der Waals surface area contributed by atoms with Gasteiger partial charge in [-0.3, -0.25) is 0 Å². The van der Waals surface area contributed by atoms with E-state index in [0.717, 1.165) is 18.6 Å². The van der Waals surface area contributed by atoms with E-state index in [-0.39, 0.29) is 11.0 Å². The molecule has 1 aliphatic heterocycles. The molecule has 3 heteroatoms. The summed E-state index contributed by atoms with van der Waals surface area (Å²) in [7, 11) is 1.66. The van der Waals surface area contributed by atoms with Crippen molar-refractivity contribution >= 4 is 0 Å². The molecule has 0 amide bonds. The molecular weight excluding hydrogens is 238 g/mol. The summed E-state index contributed by atoms with van der Waals surface area (Å²) < 4.78 is 11.0. The largest absolute Gasteiger partial charge is 0.497 e. The minimum absolute atomic E-state index is 0.0945. The highest BCUT2D eigenvalue weighted by Gasteiger charge is 2.42. The second-order valence-corrected chi connectivity index (χ2v) is 5.88. The van der Waals surface area contributed by atoms with Crippen molar-refractivity contribution in [3.63, 3.8) is 0 Å². The number of rotatable bonds is 3. The van der Waals surface area contributed by atoms with Crippen molar-refractivity contribution in [3.05, 3.63) is 29.8 Å². The number of hydrogen-bond donors (Lipinski definition) is 0. The molecule has 0 aromatic heterocycles. The third kappa shape index (κ3) is 2.90. The average molecular weight is 259 g/mol. The zero-order chi connectivity index (χ0) is 13.9. The topological polar surface area (TPSA) is 42.2 Å². The molecule has 102 valence electrons. The monoisotopic (exact) mass is 259 g/mol. The van der Waals surface area contributed by atoms with Gasteiger partial charge in [-0.2, -0.15) is 5.26 Å². The molecule has 0 saturated carbocycles. The van der Waals surface area contributed by atoms with Gasteiger partial charge >= 0.3 is 0 Å². The lowest BCUT2D eigenvalue weighted by atomic mass is 9.67. The van der Waals surface area contributed by atoms with Crippen molar-refractivity contribution in [2.75, 3.05) is 13.7 Å². The van der Waals surface area contributed by atoms with E-state index in [2.05, 4.69) is 32.0 Å². The molecule has 2 rings (SSSR count). The van der Waals surface area contributed by atoms with Gasteiger partial charge in [-0.15, -0.1) is 0 Å². The van der Waals surface area contributed by atoms with Crippen LogP contribution in [0.1, 0.15) is 38.7 Å². The van der Waals surface area contributed by atoms with E-state index in [1.807, 2.05) is 12.1 Å². The van der Waals surface area contributed by atoms with Crippen LogP contribution in [-0.2, 0) is 10.2 Å². The van der Waals surface area contributed by atoms with Crippen LogP contribution < -0.4 is 4.74 Å². The molecule has 1 aromatic rings. The standard InChI is InChI=1S/C16H21NO2/c1-15(2)12-16(8-10-17,9-11-19-15)13-4-6-14(18-3)7-5-13/h4-7H,8-9,11-12H2,1-3H3/t16-/m1/s1. The zero-order valence-corrected chi connectivity index (χ0v) is 11.9. The number of nitriles is 1. The Balaban J connectivity index is 2.35. The molecule has 1 fully saturated rings. The van der Waals surface area contributed by atoms with Gasteiger partial charge in [-0.25, -0.2) is 0 Å². The van der Waals surface area contributed by atoms with Crippen molar-refractivity contribution in [2.24, 2.45) is 0 Å². The second kappa shape index (κ2) is 5.22. The Morgan fingerprint density at radius 1 is 1.32 bits per heavy atom. The molecular formula is C16H21NO2. The number of ether oxygens (including phenoxy) is 2. The molecule has 1 aromatic carbocycles. The van der Waals surface area contributed by atoms with Crippen LogP contribution in [0.15, 0.2) is 24.3 Å². The van der Waals surface area contributed by atoms with E-state index in [0.29, 0.717) is 13.0 Å². The van der Waals surface area contributed by atoms with Crippen molar-refractivity contribution in [3.8, 4) is 11.8 Å². The molecule has 0 N–H and O–H groups in total. The van der Waals surface area contributed by atoms with E-state index in [4.69, 9.17) is 9.47 Å². The third-order valence-corrected chi connectivity index (χ3v) is 3.96. The molecule has 1 atom stereocenters. The minimum Gasteiger partial charge on any atom is -0.497 e. The Labute approximate surface area is 115 Å². The van der Waals surface area contributed by atoms with Crippen molar-refractivity contribution in [2.45, 2.75) is 44.1 Å². The number of nitrogens with zero attached hydrogens (tertiary/aromatic N) is 1. The summed E-state index contributed by atoms with van der Waals surface area (Å²) in [5.41, 5.74) is 0.948. The van der Waals surface area contributed by atoms with E-state index in [1.165, 1.54) is 5.56 Å². The predicted molar refractivity (Wildman–Crippen MR) is 74.2 cm³/mol. The van der Waals surface area contributed by atoms with E-state index >= 15 is 0 Å². The fourth-order valence-electron chi connectivity index (χ4n) is 3.07. The van der Waals surface area contributed by atoms with Crippen LogP contribution in [0.3, 0.4) is 0 Å². The molecule has 0 aliphatic carbocycles. The lowest BCUT2D eigenvalue weighted by Gasteiger charge is -2.44. The highest BCUT2D eigenvalue weighted by Crippen LogP contribution is 2.44. The molecule has 1 aliphatic rings. The van der Waals surface area contributed by atoms with Gasteiger partial charge in [0.05, 0.1) is 18.8 Å². The Morgan fingerprint density at radius 3 is 2.53 bits per heavy atom. The predicted octanol–water partition coefficient (Wildman–Crippen LogP) is 3.44. The number of hydrogen-bond acceptors (Lipinski definition) is 3. The van der Waals surface area contributed by atoms with Crippen molar-refractivity contribution in [1.29, 1.82) is 5.26 Å². The smallest absolute Gasteiger partial charge is 0.118 e. The SMILES string of the molecule is COc1ccc([C@]2(CC#N)CCOC(C)(C)C2)cc1. The fraction of sp³-hybridized carbons (Fsp3) is 0.562. The van der Waals surface area contributed by atoms with Gasteiger partial charge in [-0.05, 0) is 44.4 Å². The first kappa shape index (κ1) is 13.9. The van der Waals surface area contributed by atoms with Gasteiger partial charge in [0.15, 0.2) is 0 Å². The van der Waals surface area contributed by atoms with Crippen molar-refractivity contribution < 1.29 is 9.47 Å². The van der Waals surface area contributed by atoms with Crippen LogP contribution in [0.4, 0.5) is 0 Å². The summed E-state index contributed by atoms with van der Waals surface area (Å²) in [6, 6.07) is 10.5. The van der Waals surface area contributed by atoms with Gasteiger partial charge in [0.25, 0.3) is 0 Å². The maximum atomic E-state index is 9.20. The van der Waals surface area contributed by atoms with Crippen LogP contribution in [0.5, 0.6) is 5.75 Å². The van der Waals surface area contributed by atoms with Crippen molar-refractivity contribution in [1.82, 2.24) is 0 Å². The molecule has 19 heavy (non-hydrogen) atoms. The first-order valence-electron chi connectivity index (χ1n) is 6.67. The summed E-state index contributed by atoms with van der Waals surface area (Å²) in [6.45, 7) is 4.91. The van der Waals surface area contributed by atoms with Crippen LogP contribution >= 0.6 is 0 Å². The maximum absolute atomic E-state index is 9.20. The first-order valence-corrected chi connectivity index (χ1v) is 6.67. The summed E-state index contributed by atoms with van der Waals surface area (Å²) in [5, 5.41) is 9.20. The van der Waals surface area contributed by atoms with Crippen LogP contribution in [0, 0.1) is 11.3 Å². The van der Waals surface area contributed by atoms with Crippen LogP contribution in [-0.4, -0.2) is 19.3 Å².